The predicted molar refractivity (Wildman–Crippen MR) is 94.2 cm³/mol. The minimum atomic E-state index is -1.91. The van der Waals surface area contributed by atoms with Gasteiger partial charge in [-0.3, -0.25) is 4.79 Å². The molecule has 7 heteroatoms. The van der Waals surface area contributed by atoms with Crippen LogP contribution in [0.5, 0.6) is 0 Å². The first-order chi connectivity index (χ1) is 12.4. The van der Waals surface area contributed by atoms with Crippen molar-refractivity contribution in [1.82, 2.24) is 0 Å². The molecule has 4 rings (SSSR count). The van der Waals surface area contributed by atoms with E-state index in [0.717, 1.165) is 0 Å². The van der Waals surface area contributed by atoms with Gasteiger partial charge in [-0.2, -0.15) is 0 Å². The molecule has 0 aromatic heterocycles. The number of ketones is 1. The van der Waals surface area contributed by atoms with Crippen molar-refractivity contribution in [3.05, 3.63) is 23.3 Å². The monoisotopic (exact) mass is 380 g/mol. The summed E-state index contributed by atoms with van der Waals surface area (Å²) in [5.74, 6) is -3.77. The van der Waals surface area contributed by atoms with Crippen molar-refractivity contribution in [1.29, 1.82) is 0 Å². The molecule has 0 heterocycles. The normalized spacial score (nSPS) is 56.5. The zero-order valence-electron chi connectivity index (χ0n) is 15.8. The number of carbonyl (C=O) groups is 1. The number of hydrogen-bond acceptors (Lipinski definition) is 7. The summed E-state index contributed by atoms with van der Waals surface area (Å²) < 4.78 is 0. The third-order valence-electron chi connectivity index (χ3n) is 8.16. The minimum Gasteiger partial charge on any atom is -0.396 e. The Labute approximate surface area is 157 Å². The van der Waals surface area contributed by atoms with Gasteiger partial charge >= 0.3 is 0 Å². The molecule has 6 N–H and O–H groups in total. The molecule has 0 unspecified atom stereocenters. The van der Waals surface area contributed by atoms with E-state index in [1.165, 1.54) is 0 Å². The fraction of sp³-hybridized carbons (Fsp3) is 0.750. The van der Waals surface area contributed by atoms with Crippen LogP contribution in [0.2, 0.25) is 0 Å². The van der Waals surface area contributed by atoms with Gasteiger partial charge in [0, 0.05) is 35.5 Å². The summed E-state index contributed by atoms with van der Waals surface area (Å²) in [5.41, 5.74) is -5.51. The van der Waals surface area contributed by atoms with Gasteiger partial charge in [0.2, 0.25) is 0 Å². The van der Waals surface area contributed by atoms with Gasteiger partial charge in [0.25, 0.3) is 0 Å². The minimum absolute atomic E-state index is 0.122. The predicted octanol–water partition coefficient (Wildman–Crippen LogP) is -1.10. The third kappa shape index (κ3) is 1.86. The van der Waals surface area contributed by atoms with Crippen molar-refractivity contribution in [2.24, 2.45) is 29.1 Å². The number of carbonyl (C=O) groups excluding carboxylic acids is 1. The van der Waals surface area contributed by atoms with E-state index in [4.69, 9.17) is 0 Å². The Balaban J connectivity index is 1.95. The van der Waals surface area contributed by atoms with Gasteiger partial charge in [0.15, 0.2) is 5.78 Å². The van der Waals surface area contributed by atoms with E-state index in [1.807, 2.05) is 0 Å². The van der Waals surface area contributed by atoms with E-state index in [0.29, 0.717) is 11.1 Å². The Morgan fingerprint density at radius 2 is 1.81 bits per heavy atom. The molecule has 0 radical (unpaired) electrons. The number of hydrogen-bond donors (Lipinski definition) is 6. The number of aliphatic hydroxyl groups excluding tert-OH is 3. The molecule has 2 fully saturated rings. The quantitative estimate of drug-likeness (QED) is 0.335. The lowest BCUT2D eigenvalue weighted by Crippen LogP contribution is -2.65. The molecule has 2 saturated carbocycles. The highest BCUT2D eigenvalue weighted by Crippen LogP contribution is 2.74. The average Bonchev–Trinajstić information content (AvgIpc) is 3.09. The summed E-state index contributed by atoms with van der Waals surface area (Å²) in [5, 5.41) is 64.9. The average molecular weight is 380 g/mol. The number of aliphatic hydroxyl groups is 6. The lowest BCUT2D eigenvalue weighted by atomic mass is 9.59. The van der Waals surface area contributed by atoms with Crippen LogP contribution < -0.4 is 0 Å². The first-order valence-electron chi connectivity index (χ1n) is 9.44. The molecule has 9 atom stereocenters. The van der Waals surface area contributed by atoms with E-state index >= 15 is 0 Å². The van der Waals surface area contributed by atoms with Crippen LogP contribution in [0.4, 0.5) is 0 Å². The van der Waals surface area contributed by atoms with Gasteiger partial charge in [-0.1, -0.05) is 26.0 Å². The van der Waals surface area contributed by atoms with Crippen molar-refractivity contribution >= 4 is 5.78 Å². The molecule has 0 saturated heterocycles. The van der Waals surface area contributed by atoms with Crippen LogP contribution in [-0.2, 0) is 4.79 Å². The van der Waals surface area contributed by atoms with Gasteiger partial charge in [-0.05, 0) is 18.1 Å². The van der Waals surface area contributed by atoms with Crippen LogP contribution in [0.3, 0.4) is 0 Å². The molecule has 4 aliphatic rings. The maximum absolute atomic E-state index is 12.7. The van der Waals surface area contributed by atoms with Crippen molar-refractivity contribution in [3.63, 3.8) is 0 Å². The molecular formula is C20H28O7. The fourth-order valence-electron chi connectivity index (χ4n) is 6.49. The van der Waals surface area contributed by atoms with Gasteiger partial charge in [-0.15, -0.1) is 0 Å². The Hall–Kier alpha value is -1.09. The smallest absolute Gasteiger partial charge is 0.190 e. The highest BCUT2D eigenvalue weighted by Gasteiger charge is 2.85. The molecular weight excluding hydrogens is 352 g/mol. The van der Waals surface area contributed by atoms with E-state index in [9.17, 15) is 35.4 Å². The lowest BCUT2D eigenvalue weighted by Gasteiger charge is -2.51. The summed E-state index contributed by atoms with van der Waals surface area (Å²) in [6.45, 7) is 4.04. The second kappa shape index (κ2) is 5.28. The zero-order valence-corrected chi connectivity index (χ0v) is 15.8. The topological polar surface area (TPSA) is 138 Å². The van der Waals surface area contributed by atoms with Gasteiger partial charge in [0.1, 0.15) is 11.2 Å². The largest absolute Gasteiger partial charge is 0.396 e. The summed E-state index contributed by atoms with van der Waals surface area (Å²) in [6, 6.07) is 0. The van der Waals surface area contributed by atoms with Crippen LogP contribution in [0, 0.1) is 29.1 Å². The van der Waals surface area contributed by atoms with Crippen LogP contribution in [0.15, 0.2) is 23.3 Å². The molecule has 0 aliphatic heterocycles. The maximum Gasteiger partial charge on any atom is 0.190 e. The van der Waals surface area contributed by atoms with E-state index in [1.54, 1.807) is 32.9 Å². The first kappa shape index (κ1) is 19.2. The molecule has 0 aromatic rings. The second-order valence-corrected chi connectivity index (χ2v) is 9.27. The highest BCUT2D eigenvalue weighted by molar-refractivity contribution is 6.04. The molecule has 7 nitrogen and oxygen atoms in total. The fourth-order valence-corrected chi connectivity index (χ4v) is 6.49. The van der Waals surface area contributed by atoms with Crippen LogP contribution in [-0.4, -0.2) is 72.5 Å². The van der Waals surface area contributed by atoms with Gasteiger partial charge in [0.05, 0.1) is 24.9 Å². The SMILES string of the molecule is CC1=C[C@H]2[C@@]3(O)[C@H](C)[C@@H](O)[C@]4(O)[C@H]([C@@H]3C=C(CO)C[C@]2(O)C1=O)[C@@]4(C)CO. The number of rotatable bonds is 2. The summed E-state index contributed by atoms with van der Waals surface area (Å²) in [7, 11) is 0. The molecule has 0 spiro atoms. The number of fused-ring (bicyclic) bond motifs is 5. The molecule has 27 heavy (non-hydrogen) atoms. The van der Waals surface area contributed by atoms with Gasteiger partial charge in [-0.25, -0.2) is 0 Å². The van der Waals surface area contributed by atoms with Crippen LogP contribution >= 0.6 is 0 Å². The molecule has 0 amide bonds. The second-order valence-electron chi connectivity index (χ2n) is 9.27. The zero-order chi connectivity index (χ0) is 20.2. The van der Waals surface area contributed by atoms with Crippen molar-refractivity contribution in [3.8, 4) is 0 Å². The van der Waals surface area contributed by atoms with E-state index < -0.39 is 64.4 Å². The standard InChI is InChI=1S/C20H28O7/c1-9-4-13-18(25,15(9)23)6-11(7-21)5-12-14-17(3,8-22)20(14,27)16(24)10(2)19(12,13)26/h4-5,10,12-14,16,21-22,24-27H,6-8H2,1-3H3/t10-,12+,13-,14-,16-,17-,18-,19-,20-/m1/s1. The van der Waals surface area contributed by atoms with Gasteiger partial charge < -0.3 is 30.6 Å². The first-order valence-corrected chi connectivity index (χ1v) is 9.44. The summed E-state index contributed by atoms with van der Waals surface area (Å²) in [6.07, 6.45) is 1.73. The molecule has 150 valence electrons. The Morgan fingerprint density at radius 3 is 2.37 bits per heavy atom. The van der Waals surface area contributed by atoms with E-state index in [-0.39, 0.29) is 13.0 Å². The molecule has 0 bridgehead atoms. The Kier molecular flexibility index (Phi) is 3.77. The van der Waals surface area contributed by atoms with Crippen LogP contribution in [0.1, 0.15) is 27.2 Å². The third-order valence-corrected chi connectivity index (χ3v) is 8.16. The van der Waals surface area contributed by atoms with E-state index in [2.05, 4.69) is 0 Å². The Bertz CT molecular complexity index is 774. The maximum atomic E-state index is 12.7. The number of Topliss-reactive ketones (excluding diaryl/α,β-unsaturated/α-hetero) is 1. The highest BCUT2D eigenvalue weighted by atomic mass is 16.4. The molecule has 4 aliphatic carbocycles. The van der Waals surface area contributed by atoms with Crippen LogP contribution in [0.25, 0.3) is 0 Å². The Morgan fingerprint density at radius 1 is 1.19 bits per heavy atom. The lowest BCUT2D eigenvalue weighted by molar-refractivity contribution is -0.209. The summed E-state index contributed by atoms with van der Waals surface area (Å²) in [4.78, 5) is 12.7. The van der Waals surface area contributed by atoms with Crippen molar-refractivity contribution in [2.45, 2.75) is 50.1 Å². The van der Waals surface area contributed by atoms with Crippen molar-refractivity contribution in [2.75, 3.05) is 13.2 Å². The summed E-state index contributed by atoms with van der Waals surface area (Å²) >= 11 is 0. The van der Waals surface area contributed by atoms with Crippen molar-refractivity contribution < 1.29 is 35.4 Å². The molecule has 0 aromatic carbocycles.